The number of carbonyl (C=O) groups excluding carboxylic acids is 1. The molecule has 0 fully saturated rings. The van der Waals surface area contributed by atoms with Gasteiger partial charge in [0.05, 0.1) is 0 Å². The summed E-state index contributed by atoms with van der Waals surface area (Å²) < 4.78 is 12.3. The third-order valence-electron chi connectivity index (χ3n) is 5.47. The molecule has 0 spiro atoms. The van der Waals surface area contributed by atoms with Crippen molar-refractivity contribution in [1.82, 2.24) is 0 Å². The first-order valence-corrected chi connectivity index (χ1v) is 12.0. The first-order valence-electron chi connectivity index (χ1n) is 10.1. The molecular formula is C25H33O3Si. The Morgan fingerprint density at radius 3 is 1.90 bits per heavy atom. The van der Waals surface area contributed by atoms with Crippen LogP contribution in [0.3, 0.4) is 0 Å². The van der Waals surface area contributed by atoms with Crippen molar-refractivity contribution in [2.45, 2.75) is 45.8 Å². The standard InChI is InChI=1S/C25H33O3Si/c1-7-20(2)24(27-19-26)21(3)18-28-29(25(4,5)6,22-14-10-8-11-15-22)23-16-12-9-13-17-23/h7-17,19,21,24H,1,18H2,2-6H3/t21-,24-/m1/s1. The normalized spacial score (nSPS) is 14.3. The van der Waals surface area contributed by atoms with Gasteiger partial charge in [0.25, 0.3) is 14.8 Å². The van der Waals surface area contributed by atoms with Gasteiger partial charge >= 0.3 is 0 Å². The molecule has 0 aliphatic carbocycles. The van der Waals surface area contributed by atoms with Crippen LogP contribution in [0.25, 0.3) is 0 Å². The van der Waals surface area contributed by atoms with E-state index in [9.17, 15) is 4.79 Å². The summed E-state index contributed by atoms with van der Waals surface area (Å²) in [4.78, 5) is 11.0. The van der Waals surface area contributed by atoms with Gasteiger partial charge in [-0.15, -0.1) is 6.58 Å². The van der Waals surface area contributed by atoms with Gasteiger partial charge in [-0.2, -0.15) is 0 Å². The van der Waals surface area contributed by atoms with E-state index in [2.05, 4.69) is 82.8 Å². The van der Waals surface area contributed by atoms with E-state index >= 15 is 0 Å². The summed E-state index contributed by atoms with van der Waals surface area (Å²) in [6.45, 7) is 15.6. The highest BCUT2D eigenvalue weighted by atomic mass is 28.4. The van der Waals surface area contributed by atoms with Gasteiger partial charge < -0.3 is 9.16 Å². The molecule has 0 unspecified atom stereocenters. The minimum absolute atomic E-state index is 0.000139. The fourth-order valence-electron chi connectivity index (χ4n) is 3.97. The van der Waals surface area contributed by atoms with E-state index in [0.717, 1.165) is 5.92 Å². The van der Waals surface area contributed by atoms with Gasteiger partial charge in [-0.3, -0.25) is 4.79 Å². The molecular weight excluding hydrogens is 376 g/mol. The van der Waals surface area contributed by atoms with Crippen LogP contribution in [0.15, 0.2) is 73.3 Å². The van der Waals surface area contributed by atoms with Crippen molar-refractivity contribution >= 4 is 25.2 Å². The van der Waals surface area contributed by atoms with Crippen LogP contribution >= 0.6 is 0 Å². The summed E-state index contributed by atoms with van der Waals surface area (Å²) >= 11 is 0. The van der Waals surface area contributed by atoms with Gasteiger partial charge in [0, 0.05) is 18.4 Å². The van der Waals surface area contributed by atoms with Crippen LogP contribution in [-0.4, -0.2) is 27.5 Å². The van der Waals surface area contributed by atoms with Gasteiger partial charge in [0.1, 0.15) is 6.10 Å². The number of ether oxygens (including phenoxy) is 1. The molecule has 3 nitrogen and oxygen atoms in total. The second-order valence-corrected chi connectivity index (χ2v) is 12.9. The molecule has 0 aliphatic rings. The zero-order chi connectivity index (χ0) is 21.5. The van der Waals surface area contributed by atoms with Gasteiger partial charge in [0.15, 0.2) is 0 Å². The maximum absolute atomic E-state index is 11.0. The lowest BCUT2D eigenvalue weighted by atomic mass is 9.94. The average Bonchev–Trinajstić information content (AvgIpc) is 2.72. The molecule has 0 saturated carbocycles. The van der Waals surface area contributed by atoms with Crippen molar-refractivity contribution in [3.05, 3.63) is 79.2 Å². The van der Waals surface area contributed by atoms with Crippen molar-refractivity contribution in [3.8, 4) is 0 Å². The van der Waals surface area contributed by atoms with Crippen molar-refractivity contribution in [3.63, 3.8) is 0 Å². The van der Waals surface area contributed by atoms with Crippen molar-refractivity contribution in [2.24, 2.45) is 5.92 Å². The summed E-state index contributed by atoms with van der Waals surface area (Å²) in [6, 6.07) is 21.1. The monoisotopic (exact) mass is 409 g/mol. The van der Waals surface area contributed by atoms with Crippen LogP contribution in [0.1, 0.15) is 34.6 Å². The highest BCUT2D eigenvalue weighted by Gasteiger charge is 2.50. The molecule has 0 aromatic heterocycles. The highest BCUT2D eigenvalue weighted by Crippen LogP contribution is 2.37. The van der Waals surface area contributed by atoms with Crippen LogP contribution in [0, 0.1) is 11.8 Å². The molecule has 2 rings (SSSR count). The number of hydrogen-bond acceptors (Lipinski definition) is 3. The number of hydrogen-bond donors (Lipinski definition) is 0. The minimum atomic E-state index is -2.60. The lowest BCUT2D eigenvalue weighted by molar-refractivity contribution is -0.135. The predicted octanol–water partition coefficient (Wildman–Crippen LogP) is 4.52. The molecule has 2 aromatic carbocycles. The Morgan fingerprint density at radius 1 is 1.03 bits per heavy atom. The molecule has 0 saturated heterocycles. The summed E-state index contributed by atoms with van der Waals surface area (Å²) in [6.07, 6.45) is 1.40. The van der Waals surface area contributed by atoms with Crippen LogP contribution in [0.4, 0.5) is 0 Å². The molecule has 0 N–H and O–H groups in total. The van der Waals surface area contributed by atoms with E-state index in [1.807, 2.05) is 19.1 Å². The molecule has 1 radical (unpaired) electrons. The van der Waals surface area contributed by atoms with Gasteiger partial charge in [-0.05, 0) is 15.4 Å². The van der Waals surface area contributed by atoms with Crippen LogP contribution in [0.2, 0.25) is 5.04 Å². The fraction of sp³-hybridized carbons (Fsp3) is 0.360. The molecule has 0 bridgehead atoms. The molecule has 2 atom stereocenters. The maximum Gasteiger partial charge on any atom is 0.293 e. The topological polar surface area (TPSA) is 35.5 Å². The Morgan fingerprint density at radius 2 is 1.52 bits per heavy atom. The van der Waals surface area contributed by atoms with E-state index < -0.39 is 8.32 Å². The summed E-state index contributed by atoms with van der Waals surface area (Å²) in [5, 5.41) is 2.39. The quantitative estimate of drug-likeness (QED) is 0.427. The molecule has 29 heavy (non-hydrogen) atoms. The highest BCUT2D eigenvalue weighted by molar-refractivity contribution is 6.99. The van der Waals surface area contributed by atoms with E-state index in [-0.39, 0.29) is 17.1 Å². The number of rotatable bonds is 10. The van der Waals surface area contributed by atoms with E-state index in [4.69, 9.17) is 9.16 Å². The Kier molecular flexibility index (Phi) is 8.00. The third-order valence-corrected chi connectivity index (χ3v) is 10.5. The first-order chi connectivity index (χ1) is 13.8. The summed E-state index contributed by atoms with van der Waals surface area (Å²) in [7, 11) is -2.60. The van der Waals surface area contributed by atoms with Crippen molar-refractivity contribution in [1.29, 1.82) is 0 Å². The van der Waals surface area contributed by atoms with Crippen LogP contribution in [-0.2, 0) is 14.0 Å². The lowest BCUT2D eigenvalue weighted by Gasteiger charge is -2.44. The Balaban J connectivity index is 2.48. The smallest absolute Gasteiger partial charge is 0.293 e. The van der Waals surface area contributed by atoms with Crippen molar-refractivity contribution < 1.29 is 14.0 Å². The predicted molar refractivity (Wildman–Crippen MR) is 123 cm³/mol. The third kappa shape index (κ3) is 5.06. The molecule has 2 aromatic rings. The van der Waals surface area contributed by atoms with Crippen LogP contribution in [0.5, 0.6) is 0 Å². The lowest BCUT2D eigenvalue weighted by Crippen LogP contribution is -2.67. The minimum Gasteiger partial charge on any atom is -0.463 e. The first kappa shape index (κ1) is 23.1. The second kappa shape index (κ2) is 10.0. The Bertz CT molecular complexity index is 728. The van der Waals surface area contributed by atoms with Gasteiger partial charge in [-0.1, -0.05) is 101 Å². The average molecular weight is 410 g/mol. The van der Waals surface area contributed by atoms with E-state index in [0.29, 0.717) is 13.1 Å². The molecule has 0 aliphatic heterocycles. The van der Waals surface area contributed by atoms with E-state index in [1.54, 1.807) is 6.08 Å². The van der Waals surface area contributed by atoms with Gasteiger partial charge in [0.2, 0.25) is 0 Å². The molecule has 155 valence electrons. The van der Waals surface area contributed by atoms with Crippen molar-refractivity contribution in [2.75, 3.05) is 6.61 Å². The van der Waals surface area contributed by atoms with Crippen LogP contribution < -0.4 is 10.4 Å². The Labute approximate surface area is 176 Å². The zero-order valence-corrected chi connectivity index (χ0v) is 19.2. The number of benzene rings is 2. The zero-order valence-electron chi connectivity index (χ0n) is 18.2. The molecule has 0 heterocycles. The van der Waals surface area contributed by atoms with Gasteiger partial charge in [-0.25, -0.2) is 0 Å². The largest absolute Gasteiger partial charge is 0.463 e. The van der Waals surface area contributed by atoms with E-state index in [1.165, 1.54) is 10.4 Å². The number of carbonyl (C=O) groups is 1. The summed E-state index contributed by atoms with van der Waals surface area (Å²) in [5.41, 5.74) is 0. The summed E-state index contributed by atoms with van der Waals surface area (Å²) in [5.74, 6) is 0.926. The maximum atomic E-state index is 11.0. The molecule has 4 heteroatoms. The SMILES string of the molecule is C=C[C](C)[C@@H](OC=O)[C@H](C)CO[Si](c1ccccc1)(c1ccccc1)C(C)(C)C. The second-order valence-electron chi connectivity index (χ2n) is 8.55. The molecule has 0 amide bonds. The fourth-order valence-corrected chi connectivity index (χ4v) is 8.64. The Hall–Kier alpha value is -2.17.